The summed E-state index contributed by atoms with van der Waals surface area (Å²) in [5.41, 5.74) is -0.0836. The monoisotopic (exact) mass is 270 g/mol. The Balaban J connectivity index is 2.51. The van der Waals surface area contributed by atoms with Gasteiger partial charge in [-0.1, -0.05) is 23.2 Å². The SMILES string of the molecule is N#CC1(c2cc(Cl)c(Cl)cc2O)CCNCC1. The van der Waals surface area contributed by atoms with Gasteiger partial charge in [-0.3, -0.25) is 0 Å². The van der Waals surface area contributed by atoms with E-state index in [1.165, 1.54) is 6.07 Å². The second-order valence-electron chi connectivity index (χ2n) is 4.23. The van der Waals surface area contributed by atoms with Crippen LogP contribution in [0.3, 0.4) is 0 Å². The van der Waals surface area contributed by atoms with Crippen LogP contribution in [-0.4, -0.2) is 18.2 Å². The summed E-state index contributed by atoms with van der Waals surface area (Å²) in [6.07, 6.45) is 1.32. The first-order valence-corrected chi connectivity index (χ1v) is 6.15. The van der Waals surface area contributed by atoms with Crippen LogP contribution in [0.4, 0.5) is 0 Å². The molecular formula is C12H12Cl2N2O. The molecule has 2 rings (SSSR count). The lowest BCUT2D eigenvalue weighted by atomic mass is 9.74. The van der Waals surface area contributed by atoms with Gasteiger partial charge in [0.05, 0.1) is 21.5 Å². The molecule has 1 saturated heterocycles. The standard InChI is InChI=1S/C12H12Cl2N2O/c13-9-5-8(11(17)6-10(9)14)12(7-15)1-3-16-4-2-12/h5-6,16-17H,1-4H2. The number of rotatable bonds is 1. The fourth-order valence-corrected chi connectivity index (χ4v) is 2.54. The molecule has 0 spiro atoms. The predicted octanol–water partition coefficient (Wildman–Crippen LogP) is 2.84. The van der Waals surface area contributed by atoms with Crippen LogP contribution in [0.25, 0.3) is 0 Å². The van der Waals surface area contributed by atoms with E-state index in [4.69, 9.17) is 23.2 Å². The molecule has 17 heavy (non-hydrogen) atoms. The van der Waals surface area contributed by atoms with Crippen LogP contribution < -0.4 is 5.32 Å². The van der Waals surface area contributed by atoms with Crippen molar-refractivity contribution in [1.29, 1.82) is 5.26 Å². The Morgan fingerprint density at radius 2 is 1.82 bits per heavy atom. The molecule has 0 atom stereocenters. The number of benzene rings is 1. The molecular weight excluding hydrogens is 259 g/mol. The number of phenols is 1. The first kappa shape index (κ1) is 12.5. The molecule has 0 radical (unpaired) electrons. The van der Waals surface area contributed by atoms with Crippen LogP contribution in [0.1, 0.15) is 18.4 Å². The van der Waals surface area contributed by atoms with Gasteiger partial charge in [0.25, 0.3) is 0 Å². The minimum Gasteiger partial charge on any atom is -0.508 e. The zero-order valence-electron chi connectivity index (χ0n) is 9.13. The van der Waals surface area contributed by atoms with Crippen LogP contribution >= 0.6 is 23.2 Å². The molecule has 0 aromatic heterocycles. The fourth-order valence-electron chi connectivity index (χ4n) is 2.21. The van der Waals surface area contributed by atoms with Gasteiger partial charge in [-0.25, -0.2) is 0 Å². The molecule has 1 fully saturated rings. The van der Waals surface area contributed by atoms with E-state index in [2.05, 4.69) is 11.4 Å². The zero-order valence-corrected chi connectivity index (χ0v) is 10.6. The Hall–Kier alpha value is -0.950. The summed E-state index contributed by atoms with van der Waals surface area (Å²) in [6.45, 7) is 1.51. The largest absolute Gasteiger partial charge is 0.508 e. The maximum Gasteiger partial charge on any atom is 0.121 e. The quantitative estimate of drug-likeness (QED) is 0.825. The highest BCUT2D eigenvalue weighted by atomic mass is 35.5. The second kappa shape index (κ2) is 4.73. The van der Waals surface area contributed by atoms with Gasteiger partial charge in [0.2, 0.25) is 0 Å². The second-order valence-corrected chi connectivity index (χ2v) is 5.04. The minimum atomic E-state index is -0.663. The highest BCUT2D eigenvalue weighted by Gasteiger charge is 2.36. The molecule has 5 heteroatoms. The first-order valence-electron chi connectivity index (χ1n) is 5.39. The summed E-state index contributed by atoms with van der Waals surface area (Å²) < 4.78 is 0. The van der Waals surface area contributed by atoms with Gasteiger partial charge in [0, 0.05) is 11.6 Å². The van der Waals surface area contributed by atoms with Gasteiger partial charge in [-0.2, -0.15) is 5.26 Å². The Morgan fingerprint density at radius 3 is 2.41 bits per heavy atom. The summed E-state index contributed by atoms with van der Waals surface area (Å²) >= 11 is 11.8. The molecule has 0 aliphatic carbocycles. The third kappa shape index (κ3) is 2.21. The van der Waals surface area contributed by atoms with Crippen LogP contribution in [0.2, 0.25) is 10.0 Å². The number of nitriles is 1. The molecule has 1 aliphatic rings. The van der Waals surface area contributed by atoms with E-state index in [1.54, 1.807) is 6.07 Å². The molecule has 0 unspecified atom stereocenters. The maximum atomic E-state index is 9.95. The normalized spacial score (nSPS) is 18.6. The molecule has 1 aromatic carbocycles. The number of hydrogen-bond donors (Lipinski definition) is 2. The van der Waals surface area contributed by atoms with Crippen molar-refractivity contribution in [2.45, 2.75) is 18.3 Å². The third-order valence-electron chi connectivity index (χ3n) is 3.23. The number of nitrogens with one attached hydrogen (secondary N) is 1. The highest BCUT2D eigenvalue weighted by molar-refractivity contribution is 6.42. The van der Waals surface area contributed by atoms with Crippen molar-refractivity contribution in [2.75, 3.05) is 13.1 Å². The van der Waals surface area contributed by atoms with Crippen LogP contribution in [0.15, 0.2) is 12.1 Å². The van der Waals surface area contributed by atoms with E-state index in [1.807, 2.05) is 0 Å². The Labute approximate surface area is 110 Å². The molecule has 1 aromatic rings. The lowest BCUT2D eigenvalue weighted by Crippen LogP contribution is -2.38. The topological polar surface area (TPSA) is 56.0 Å². The molecule has 0 amide bonds. The molecule has 0 saturated carbocycles. The average Bonchev–Trinajstić information content (AvgIpc) is 2.34. The summed E-state index contributed by atoms with van der Waals surface area (Å²) in [7, 11) is 0. The number of halogens is 2. The zero-order chi connectivity index (χ0) is 12.5. The lowest BCUT2D eigenvalue weighted by molar-refractivity contribution is 0.364. The Kier molecular flexibility index (Phi) is 3.48. The molecule has 2 N–H and O–H groups in total. The Bertz CT molecular complexity index is 476. The molecule has 0 bridgehead atoms. The van der Waals surface area contributed by atoms with Crippen molar-refractivity contribution in [3.05, 3.63) is 27.7 Å². The fraction of sp³-hybridized carbons (Fsp3) is 0.417. The van der Waals surface area contributed by atoms with Gasteiger partial charge >= 0.3 is 0 Å². The molecule has 1 aliphatic heterocycles. The summed E-state index contributed by atoms with van der Waals surface area (Å²) in [5, 5.41) is 23.2. The van der Waals surface area contributed by atoms with Crippen LogP contribution in [0.5, 0.6) is 5.75 Å². The van der Waals surface area contributed by atoms with Gasteiger partial charge in [0.15, 0.2) is 0 Å². The van der Waals surface area contributed by atoms with Gasteiger partial charge < -0.3 is 10.4 Å². The average molecular weight is 271 g/mol. The number of nitrogens with zero attached hydrogens (tertiary/aromatic N) is 1. The van der Waals surface area contributed by atoms with Crippen molar-refractivity contribution in [3.8, 4) is 11.8 Å². The van der Waals surface area contributed by atoms with Crippen LogP contribution in [-0.2, 0) is 5.41 Å². The molecule has 1 heterocycles. The van der Waals surface area contributed by atoms with Crippen molar-refractivity contribution in [2.24, 2.45) is 0 Å². The van der Waals surface area contributed by atoms with Crippen molar-refractivity contribution < 1.29 is 5.11 Å². The lowest BCUT2D eigenvalue weighted by Gasteiger charge is -2.32. The van der Waals surface area contributed by atoms with Crippen molar-refractivity contribution in [3.63, 3.8) is 0 Å². The van der Waals surface area contributed by atoms with Gasteiger partial charge in [0.1, 0.15) is 5.75 Å². The number of piperidine rings is 1. The maximum absolute atomic E-state index is 9.95. The van der Waals surface area contributed by atoms with E-state index in [0.717, 1.165) is 13.1 Å². The first-order chi connectivity index (χ1) is 8.09. The van der Waals surface area contributed by atoms with E-state index in [0.29, 0.717) is 28.5 Å². The van der Waals surface area contributed by atoms with E-state index in [9.17, 15) is 10.4 Å². The van der Waals surface area contributed by atoms with Gasteiger partial charge in [-0.15, -0.1) is 0 Å². The van der Waals surface area contributed by atoms with Crippen LogP contribution in [0, 0.1) is 11.3 Å². The van der Waals surface area contributed by atoms with Crippen molar-refractivity contribution in [1.82, 2.24) is 5.32 Å². The predicted molar refractivity (Wildman–Crippen MR) is 67.5 cm³/mol. The summed E-state index contributed by atoms with van der Waals surface area (Å²) in [5.74, 6) is 0.0443. The minimum absolute atomic E-state index is 0.0443. The smallest absolute Gasteiger partial charge is 0.121 e. The van der Waals surface area contributed by atoms with Crippen molar-refractivity contribution >= 4 is 23.2 Å². The molecule has 90 valence electrons. The number of aromatic hydroxyl groups is 1. The Morgan fingerprint density at radius 1 is 1.24 bits per heavy atom. The van der Waals surface area contributed by atoms with E-state index in [-0.39, 0.29) is 5.75 Å². The van der Waals surface area contributed by atoms with E-state index >= 15 is 0 Å². The third-order valence-corrected chi connectivity index (χ3v) is 3.95. The highest BCUT2D eigenvalue weighted by Crippen LogP contribution is 2.41. The molecule has 3 nitrogen and oxygen atoms in total. The van der Waals surface area contributed by atoms with E-state index < -0.39 is 5.41 Å². The number of phenolic OH excluding ortho intramolecular Hbond substituents is 1. The summed E-state index contributed by atoms with van der Waals surface area (Å²) in [4.78, 5) is 0. The summed E-state index contributed by atoms with van der Waals surface area (Å²) in [6, 6.07) is 5.33. The van der Waals surface area contributed by atoms with Gasteiger partial charge in [-0.05, 0) is 32.0 Å². The number of hydrogen-bond acceptors (Lipinski definition) is 3.